The average Bonchev–Trinajstić information content (AvgIpc) is 3.09. The van der Waals surface area contributed by atoms with Gasteiger partial charge >= 0.3 is 0 Å². The first-order valence-corrected chi connectivity index (χ1v) is 6.56. The largest absolute Gasteiger partial charge is 0.293 e. The Morgan fingerprint density at radius 1 is 1.11 bits per heavy atom. The minimum Gasteiger partial charge on any atom is -0.293 e. The van der Waals surface area contributed by atoms with Crippen LogP contribution in [-0.4, -0.2) is 5.78 Å². The van der Waals surface area contributed by atoms with E-state index in [1.165, 1.54) is 17.4 Å². The van der Waals surface area contributed by atoms with E-state index in [0.29, 0.717) is 10.4 Å². The van der Waals surface area contributed by atoms with Crippen LogP contribution in [0.1, 0.15) is 22.5 Å². The maximum atomic E-state index is 13.1. The van der Waals surface area contributed by atoms with Crippen LogP contribution >= 0.6 is 11.3 Å². The average molecular weight is 264 g/mol. The molecule has 18 heavy (non-hydrogen) atoms. The van der Waals surface area contributed by atoms with Gasteiger partial charge in [0.1, 0.15) is 0 Å². The minimum atomic E-state index is -0.865. The van der Waals surface area contributed by atoms with Crippen molar-refractivity contribution < 1.29 is 13.6 Å². The van der Waals surface area contributed by atoms with E-state index in [9.17, 15) is 13.6 Å². The number of rotatable bonds is 3. The summed E-state index contributed by atoms with van der Waals surface area (Å²) in [4.78, 5) is 13.3. The fourth-order valence-electron chi connectivity index (χ4n) is 1.82. The first kappa shape index (κ1) is 11.5. The highest BCUT2D eigenvalue weighted by Crippen LogP contribution is 2.36. The van der Waals surface area contributed by atoms with Crippen LogP contribution in [0.5, 0.6) is 0 Å². The summed E-state index contributed by atoms with van der Waals surface area (Å²) in [5.41, 5.74) is 0.605. The molecule has 0 aliphatic heterocycles. The predicted octanol–water partition coefficient (Wildman–Crippen LogP) is 4.29. The van der Waals surface area contributed by atoms with E-state index in [2.05, 4.69) is 0 Å². The summed E-state index contributed by atoms with van der Waals surface area (Å²) in [5.74, 6) is -1.36. The smallest absolute Gasteiger partial charge is 0.175 e. The van der Waals surface area contributed by atoms with Gasteiger partial charge in [0, 0.05) is 10.8 Å². The van der Waals surface area contributed by atoms with E-state index >= 15 is 0 Å². The van der Waals surface area contributed by atoms with Crippen LogP contribution in [0.3, 0.4) is 0 Å². The molecule has 0 unspecified atom stereocenters. The maximum absolute atomic E-state index is 13.1. The van der Waals surface area contributed by atoms with Crippen molar-refractivity contribution in [1.29, 1.82) is 0 Å². The zero-order valence-corrected chi connectivity index (χ0v) is 10.3. The van der Waals surface area contributed by atoms with Crippen LogP contribution in [0.4, 0.5) is 8.78 Å². The lowest BCUT2D eigenvalue weighted by atomic mass is 10.2. The fraction of sp³-hybridized carbons (Fsp3) is 0.214. The van der Waals surface area contributed by atoms with Gasteiger partial charge in [0.15, 0.2) is 17.4 Å². The second kappa shape index (κ2) is 4.28. The molecule has 1 aromatic heterocycles. The number of halogens is 2. The van der Waals surface area contributed by atoms with Gasteiger partial charge in [-0.05, 0) is 42.7 Å². The van der Waals surface area contributed by atoms with Crippen molar-refractivity contribution in [3.8, 4) is 10.4 Å². The van der Waals surface area contributed by atoms with Crippen molar-refractivity contribution in [2.75, 3.05) is 0 Å². The van der Waals surface area contributed by atoms with Gasteiger partial charge in [-0.3, -0.25) is 4.79 Å². The molecule has 0 N–H and O–H groups in total. The van der Waals surface area contributed by atoms with Gasteiger partial charge in [0.05, 0.1) is 4.88 Å². The summed E-state index contributed by atoms with van der Waals surface area (Å²) in [6, 6.07) is 7.34. The summed E-state index contributed by atoms with van der Waals surface area (Å²) < 4.78 is 26.0. The third kappa shape index (κ3) is 2.08. The molecule has 1 saturated carbocycles. The van der Waals surface area contributed by atoms with Crippen LogP contribution in [0.15, 0.2) is 30.3 Å². The van der Waals surface area contributed by atoms with Crippen molar-refractivity contribution in [2.45, 2.75) is 12.8 Å². The molecule has 1 aliphatic rings. The van der Waals surface area contributed by atoms with Gasteiger partial charge in [-0.15, -0.1) is 11.3 Å². The van der Waals surface area contributed by atoms with Gasteiger partial charge in [0.25, 0.3) is 0 Å². The Bertz CT molecular complexity index is 614. The molecule has 1 nitrogen and oxygen atoms in total. The third-order valence-corrected chi connectivity index (χ3v) is 4.15. The summed E-state index contributed by atoms with van der Waals surface area (Å²) in [6.07, 6.45) is 1.94. The van der Waals surface area contributed by atoms with Crippen molar-refractivity contribution >= 4 is 17.1 Å². The monoisotopic (exact) mass is 264 g/mol. The second-order valence-corrected chi connectivity index (χ2v) is 5.52. The van der Waals surface area contributed by atoms with Crippen molar-refractivity contribution in [3.63, 3.8) is 0 Å². The zero-order valence-electron chi connectivity index (χ0n) is 9.45. The highest BCUT2D eigenvalue weighted by atomic mass is 32.1. The van der Waals surface area contributed by atoms with Crippen molar-refractivity contribution in [3.05, 3.63) is 46.8 Å². The van der Waals surface area contributed by atoms with E-state index in [1.807, 2.05) is 0 Å². The van der Waals surface area contributed by atoms with E-state index in [4.69, 9.17) is 0 Å². The van der Waals surface area contributed by atoms with Crippen LogP contribution in [0.2, 0.25) is 0 Å². The van der Waals surface area contributed by atoms with Crippen LogP contribution in [0.25, 0.3) is 10.4 Å². The molecule has 0 bridgehead atoms. The number of ketones is 1. The molecule has 0 radical (unpaired) electrons. The predicted molar refractivity (Wildman–Crippen MR) is 66.7 cm³/mol. The molecule has 3 rings (SSSR count). The van der Waals surface area contributed by atoms with E-state index in [0.717, 1.165) is 29.9 Å². The molecule has 2 aromatic rings. The molecule has 0 spiro atoms. The molecule has 4 heteroatoms. The van der Waals surface area contributed by atoms with E-state index in [1.54, 1.807) is 12.1 Å². The number of carbonyl (C=O) groups is 1. The Kier molecular flexibility index (Phi) is 2.74. The molecule has 0 atom stereocenters. The first-order valence-electron chi connectivity index (χ1n) is 5.74. The Hall–Kier alpha value is -1.55. The Balaban J connectivity index is 1.92. The first-order chi connectivity index (χ1) is 8.65. The molecule has 1 aliphatic carbocycles. The summed E-state index contributed by atoms with van der Waals surface area (Å²) >= 11 is 1.34. The Labute approximate surface area is 107 Å². The molecule has 92 valence electrons. The molecular formula is C14H10F2OS. The highest BCUT2D eigenvalue weighted by Gasteiger charge is 2.31. The van der Waals surface area contributed by atoms with Gasteiger partial charge in [-0.1, -0.05) is 6.07 Å². The van der Waals surface area contributed by atoms with Crippen LogP contribution in [-0.2, 0) is 0 Å². The maximum Gasteiger partial charge on any atom is 0.175 e. The number of hydrogen-bond donors (Lipinski definition) is 0. The molecule has 1 heterocycles. The van der Waals surface area contributed by atoms with Gasteiger partial charge in [-0.25, -0.2) is 8.78 Å². The van der Waals surface area contributed by atoms with Crippen LogP contribution < -0.4 is 0 Å². The Morgan fingerprint density at radius 2 is 1.89 bits per heavy atom. The number of benzene rings is 1. The van der Waals surface area contributed by atoms with Gasteiger partial charge in [0.2, 0.25) is 0 Å². The summed E-state index contributed by atoms with van der Waals surface area (Å²) in [6.45, 7) is 0. The van der Waals surface area contributed by atoms with Crippen molar-refractivity contribution in [1.82, 2.24) is 0 Å². The normalized spacial score (nSPS) is 14.8. The highest BCUT2D eigenvalue weighted by molar-refractivity contribution is 7.17. The molecule has 1 aromatic carbocycles. The lowest BCUT2D eigenvalue weighted by molar-refractivity contribution is 0.0971. The SMILES string of the molecule is O=C(c1ccc(-c2ccc(F)c(F)c2)s1)C1CC1. The van der Waals surface area contributed by atoms with Gasteiger partial charge in [-0.2, -0.15) is 0 Å². The lowest BCUT2D eigenvalue weighted by Gasteiger charge is -1.98. The van der Waals surface area contributed by atoms with Crippen LogP contribution in [0, 0.1) is 17.6 Å². The zero-order chi connectivity index (χ0) is 12.7. The topological polar surface area (TPSA) is 17.1 Å². The fourth-order valence-corrected chi connectivity index (χ4v) is 2.84. The number of Topliss-reactive ketones (excluding diaryl/α,β-unsaturated/α-hetero) is 1. The van der Waals surface area contributed by atoms with E-state index in [-0.39, 0.29) is 11.7 Å². The molecule has 0 saturated heterocycles. The number of hydrogen-bond acceptors (Lipinski definition) is 2. The standard InChI is InChI=1S/C14H10F2OS/c15-10-4-3-9(7-11(10)16)12-5-6-13(18-12)14(17)8-1-2-8/h3-8H,1-2H2. The molecular weight excluding hydrogens is 254 g/mol. The quantitative estimate of drug-likeness (QED) is 0.756. The van der Waals surface area contributed by atoms with Crippen molar-refractivity contribution in [2.24, 2.45) is 5.92 Å². The number of thiophene rings is 1. The van der Waals surface area contributed by atoms with E-state index < -0.39 is 11.6 Å². The Morgan fingerprint density at radius 3 is 2.56 bits per heavy atom. The molecule has 1 fully saturated rings. The molecule has 0 amide bonds. The second-order valence-electron chi connectivity index (χ2n) is 4.43. The third-order valence-electron chi connectivity index (χ3n) is 3.00. The minimum absolute atomic E-state index is 0.175. The lowest BCUT2D eigenvalue weighted by Crippen LogP contribution is -1.96. The van der Waals surface area contributed by atoms with Gasteiger partial charge < -0.3 is 0 Å². The summed E-state index contributed by atoms with van der Waals surface area (Å²) in [7, 11) is 0. The number of carbonyl (C=O) groups excluding carboxylic acids is 1. The summed E-state index contributed by atoms with van der Waals surface area (Å²) in [5, 5.41) is 0.